The van der Waals surface area contributed by atoms with E-state index in [4.69, 9.17) is 6.42 Å². The van der Waals surface area contributed by atoms with Gasteiger partial charge in [-0.05, 0) is 31.5 Å². The predicted molar refractivity (Wildman–Crippen MR) is 59.2 cm³/mol. The standard InChI is InChI=1S/C12H21N/c1-8-12(4,5)11(10(2)3)9-13(6)7/h1,9-10H,2-7H3/b11-9-. The minimum Gasteiger partial charge on any atom is -0.383 e. The second-order valence-corrected chi connectivity index (χ2v) is 4.47. The van der Waals surface area contributed by atoms with Crippen LogP contribution in [0.25, 0.3) is 0 Å². The first kappa shape index (κ1) is 12.1. The van der Waals surface area contributed by atoms with E-state index in [0.29, 0.717) is 5.92 Å². The first-order valence-corrected chi connectivity index (χ1v) is 4.67. The predicted octanol–water partition coefficient (Wildman–Crippen LogP) is 2.75. The van der Waals surface area contributed by atoms with Crippen molar-refractivity contribution in [2.45, 2.75) is 27.7 Å². The first-order valence-electron chi connectivity index (χ1n) is 4.67. The van der Waals surface area contributed by atoms with E-state index in [1.54, 1.807) is 0 Å². The molecule has 0 aliphatic heterocycles. The van der Waals surface area contributed by atoms with Crippen LogP contribution in [-0.4, -0.2) is 19.0 Å². The maximum atomic E-state index is 5.51. The minimum atomic E-state index is -0.140. The molecule has 0 fully saturated rings. The number of hydrogen-bond donors (Lipinski definition) is 0. The zero-order valence-corrected chi connectivity index (χ0v) is 9.68. The number of rotatable bonds is 3. The molecule has 0 spiro atoms. The summed E-state index contributed by atoms with van der Waals surface area (Å²) in [7, 11) is 4.05. The molecule has 0 rings (SSSR count). The van der Waals surface area contributed by atoms with Gasteiger partial charge in [-0.1, -0.05) is 19.8 Å². The van der Waals surface area contributed by atoms with Crippen molar-refractivity contribution >= 4 is 0 Å². The lowest BCUT2D eigenvalue weighted by Crippen LogP contribution is -2.19. The van der Waals surface area contributed by atoms with E-state index in [9.17, 15) is 0 Å². The Morgan fingerprint density at radius 2 is 1.85 bits per heavy atom. The molecule has 0 aromatic carbocycles. The van der Waals surface area contributed by atoms with Crippen molar-refractivity contribution in [2.75, 3.05) is 14.1 Å². The van der Waals surface area contributed by atoms with Crippen LogP contribution in [0.5, 0.6) is 0 Å². The van der Waals surface area contributed by atoms with Gasteiger partial charge >= 0.3 is 0 Å². The van der Waals surface area contributed by atoms with Gasteiger partial charge in [0, 0.05) is 19.5 Å². The number of terminal acetylenes is 1. The molecule has 0 aliphatic rings. The molecule has 0 radical (unpaired) electrons. The van der Waals surface area contributed by atoms with Crippen molar-refractivity contribution in [3.8, 4) is 12.3 Å². The molecule has 0 bridgehead atoms. The normalized spacial score (nSPS) is 12.9. The van der Waals surface area contributed by atoms with Crippen LogP contribution in [0.2, 0.25) is 0 Å². The quantitative estimate of drug-likeness (QED) is 0.602. The summed E-state index contributed by atoms with van der Waals surface area (Å²) in [4.78, 5) is 2.05. The molecule has 0 aromatic rings. The summed E-state index contributed by atoms with van der Waals surface area (Å²) in [5, 5.41) is 0. The summed E-state index contributed by atoms with van der Waals surface area (Å²) in [5.74, 6) is 3.33. The van der Waals surface area contributed by atoms with Gasteiger partial charge in [-0.2, -0.15) is 0 Å². The van der Waals surface area contributed by atoms with E-state index in [1.807, 2.05) is 14.1 Å². The molecule has 0 amide bonds. The van der Waals surface area contributed by atoms with E-state index in [-0.39, 0.29) is 5.41 Å². The van der Waals surface area contributed by atoms with Crippen molar-refractivity contribution in [1.82, 2.24) is 4.90 Å². The summed E-state index contributed by atoms with van der Waals surface area (Å²) >= 11 is 0. The average Bonchev–Trinajstić information content (AvgIpc) is 1.99. The van der Waals surface area contributed by atoms with Crippen LogP contribution in [-0.2, 0) is 0 Å². The number of hydrogen-bond acceptors (Lipinski definition) is 1. The van der Waals surface area contributed by atoms with Crippen LogP contribution in [0, 0.1) is 23.7 Å². The van der Waals surface area contributed by atoms with Crippen molar-refractivity contribution in [3.63, 3.8) is 0 Å². The third kappa shape index (κ3) is 3.55. The molecule has 1 heteroatoms. The van der Waals surface area contributed by atoms with Crippen LogP contribution in [0.3, 0.4) is 0 Å². The van der Waals surface area contributed by atoms with E-state index in [1.165, 1.54) is 5.57 Å². The Balaban J connectivity index is 4.96. The SMILES string of the molecule is C#CC(C)(C)/C(=C\N(C)C)C(C)C. The monoisotopic (exact) mass is 179 g/mol. The van der Waals surface area contributed by atoms with Crippen LogP contribution >= 0.6 is 0 Å². The van der Waals surface area contributed by atoms with Gasteiger partial charge in [0.2, 0.25) is 0 Å². The molecular weight excluding hydrogens is 158 g/mol. The van der Waals surface area contributed by atoms with E-state index in [0.717, 1.165) is 0 Å². The van der Waals surface area contributed by atoms with Gasteiger partial charge in [-0.25, -0.2) is 0 Å². The molecule has 0 saturated heterocycles. The van der Waals surface area contributed by atoms with Gasteiger partial charge in [0.1, 0.15) is 0 Å². The van der Waals surface area contributed by atoms with Gasteiger partial charge in [0.05, 0.1) is 0 Å². The maximum Gasteiger partial charge on any atom is 0.0483 e. The fraction of sp³-hybridized carbons (Fsp3) is 0.667. The van der Waals surface area contributed by atoms with E-state index >= 15 is 0 Å². The largest absolute Gasteiger partial charge is 0.383 e. The Hall–Kier alpha value is -0.900. The van der Waals surface area contributed by atoms with Crippen molar-refractivity contribution in [1.29, 1.82) is 0 Å². The van der Waals surface area contributed by atoms with E-state index < -0.39 is 0 Å². The Morgan fingerprint density at radius 3 is 2.08 bits per heavy atom. The topological polar surface area (TPSA) is 3.24 Å². The maximum absolute atomic E-state index is 5.51. The van der Waals surface area contributed by atoms with Crippen molar-refractivity contribution in [2.24, 2.45) is 11.3 Å². The smallest absolute Gasteiger partial charge is 0.0483 e. The molecule has 0 aromatic heterocycles. The van der Waals surface area contributed by atoms with Crippen molar-refractivity contribution in [3.05, 3.63) is 11.8 Å². The fourth-order valence-corrected chi connectivity index (χ4v) is 1.39. The third-order valence-corrected chi connectivity index (χ3v) is 2.10. The minimum absolute atomic E-state index is 0.140. The van der Waals surface area contributed by atoms with Gasteiger partial charge in [-0.15, -0.1) is 6.42 Å². The Kier molecular flexibility index (Phi) is 4.07. The highest BCUT2D eigenvalue weighted by molar-refractivity contribution is 5.24. The lowest BCUT2D eigenvalue weighted by atomic mass is 9.79. The summed E-state index contributed by atoms with van der Waals surface area (Å²) in [6.45, 7) is 8.52. The van der Waals surface area contributed by atoms with Gasteiger partial charge in [-0.3, -0.25) is 0 Å². The summed E-state index contributed by atoms with van der Waals surface area (Å²) in [6.07, 6.45) is 7.64. The van der Waals surface area contributed by atoms with Crippen LogP contribution in [0.15, 0.2) is 11.8 Å². The van der Waals surface area contributed by atoms with Gasteiger partial charge < -0.3 is 4.90 Å². The average molecular weight is 179 g/mol. The molecular formula is C12H21N. The lowest BCUT2D eigenvalue weighted by molar-refractivity contribution is 0.477. The molecule has 13 heavy (non-hydrogen) atoms. The Labute approximate surface area is 82.8 Å². The van der Waals surface area contributed by atoms with Crippen LogP contribution < -0.4 is 0 Å². The molecule has 0 atom stereocenters. The summed E-state index contributed by atoms with van der Waals surface area (Å²) in [6, 6.07) is 0. The zero-order chi connectivity index (χ0) is 10.6. The lowest BCUT2D eigenvalue weighted by Gasteiger charge is -2.26. The zero-order valence-electron chi connectivity index (χ0n) is 9.68. The van der Waals surface area contributed by atoms with Crippen LogP contribution in [0.4, 0.5) is 0 Å². The number of allylic oxidation sites excluding steroid dienone is 1. The van der Waals surface area contributed by atoms with Gasteiger partial charge in [0.25, 0.3) is 0 Å². The molecule has 1 nitrogen and oxygen atoms in total. The molecule has 74 valence electrons. The van der Waals surface area contributed by atoms with Crippen LogP contribution in [0.1, 0.15) is 27.7 Å². The molecule has 0 heterocycles. The second-order valence-electron chi connectivity index (χ2n) is 4.47. The third-order valence-electron chi connectivity index (χ3n) is 2.10. The summed E-state index contributed by atoms with van der Waals surface area (Å²) in [5.41, 5.74) is 1.17. The number of nitrogens with zero attached hydrogens (tertiary/aromatic N) is 1. The molecule has 0 aliphatic carbocycles. The fourth-order valence-electron chi connectivity index (χ4n) is 1.39. The molecule has 0 unspecified atom stereocenters. The Bertz CT molecular complexity index is 226. The second kappa shape index (κ2) is 4.37. The van der Waals surface area contributed by atoms with Gasteiger partial charge in [0.15, 0.2) is 0 Å². The molecule has 0 N–H and O–H groups in total. The highest BCUT2D eigenvalue weighted by atomic mass is 15.0. The van der Waals surface area contributed by atoms with E-state index in [2.05, 4.69) is 44.7 Å². The summed E-state index contributed by atoms with van der Waals surface area (Å²) < 4.78 is 0. The Morgan fingerprint density at radius 1 is 1.38 bits per heavy atom. The van der Waals surface area contributed by atoms with Crippen molar-refractivity contribution < 1.29 is 0 Å². The molecule has 0 saturated carbocycles. The highest BCUT2D eigenvalue weighted by Gasteiger charge is 2.22. The first-order chi connectivity index (χ1) is 5.81. The highest BCUT2D eigenvalue weighted by Crippen LogP contribution is 2.31.